The number of aryl methyl sites for hydroxylation is 1. The lowest BCUT2D eigenvalue weighted by Gasteiger charge is -2.42. The van der Waals surface area contributed by atoms with Gasteiger partial charge in [-0.05, 0) is 57.5 Å². The van der Waals surface area contributed by atoms with Gasteiger partial charge in [0.15, 0.2) is 0 Å². The molecule has 2 aromatic carbocycles. The Balaban J connectivity index is 0.00000228. The predicted molar refractivity (Wildman–Crippen MR) is 229 cm³/mol. The number of amides is 2. The summed E-state index contributed by atoms with van der Waals surface area (Å²) in [4.78, 5) is 79.6. The van der Waals surface area contributed by atoms with E-state index in [1.807, 2.05) is 13.8 Å². The summed E-state index contributed by atoms with van der Waals surface area (Å²) in [5, 5.41) is 12.5. The molecule has 21 heteroatoms. The van der Waals surface area contributed by atoms with E-state index in [2.05, 4.69) is 29.1 Å². The van der Waals surface area contributed by atoms with Gasteiger partial charge in [0.25, 0.3) is 0 Å². The Morgan fingerprint density at radius 2 is 1.72 bits per heavy atom. The number of rotatable bonds is 17. The quantitative estimate of drug-likeness (QED) is 0.0631. The molecule has 0 bridgehead atoms. The molecule has 17 nitrogen and oxygen atoms in total. The Bertz CT molecular complexity index is 2320. The van der Waals surface area contributed by atoms with Gasteiger partial charge in [0.1, 0.15) is 41.9 Å². The number of hydrogen-bond acceptors (Lipinski definition) is 17. The van der Waals surface area contributed by atoms with Crippen LogP contribution in [0, 0.1) is 13.8 Å². The average molecular weight is 916 g/mol. The summed E-state index contributed by atoms with van der Waals surface area (Å²) < 4.78 is 36.7. The molecule has 0 radical (unpaired) electrons. The highest BCUT2D eigenvalue weighted by molar-refractivity contribution is 8.76. The van der Waals surface area contributed by atoms with Crippen molar-refractivity contribution in [3.05, 3.63) is 71.0 Å². The van der Waals surface area contributed by atoms with Crippen LogP contribution in [0.2, 0.25) is 0 Å². The molecule has 0 spiro atoms. The maximum atomic E-state index is 13.7. The lowest BCUT2D eigenvalue weighted by Crippen LogP contribution is -2.67. The molecular formula is C40H45N5O12S4. The number of nitrogens with zero attached hydrogens (tertiary/aromatic N) is 4. The molecule has 4 atom stereocenters. The fraction of sp³-hybridized carbons (Fsp3) is 0.425. The number of thioether (sulfide) groups is 1. The number of phenolic OH excluding ortho intramolecular Hbond substituents is 1. The van der Waals surface area contributed by atoms with Crippen molar-refractivity contribution in [3.8, 4) is 17.2 Å². The Hall–Kier alpha value is -5.08. The highest BCUT2D eigenvalue weighted by Gasteiger charge is 2.56. The zero-order valence-corrected chi connectivity index (χ0v) is 37.4. The second kappa shape index (κ2) is 21.1. The van der Waals surface area contributed by atoms with Gasteiger partial charge in [0, 0.05) is 46.2 Å². The predicted octanol–water partition coefficient (Wildman–Crippen LogP) is 4.76. The molecule has 2 aromatic heterocycles. The molecule has 2 fully saturated rings. The molecule has 4 heterocycles. The van der Waals surface area contributed by atoms with Gasteiger partial charge in [-0.3, -0.25) is 23.6 Å². The van der Waals surface area contributed by atoms with Crippen LogP contribution in [0.25, 0.3) is 11.0 Å². The number of imidazole rings is 1. The van der Waals surface area contributed by atoms with Crippen molar-refractivity contribution in [2.75, 3.05) is 45.5 Å². The standard InChI is InChI=1S/C39H45N5O10S4.CO2/c1-22-19-40-29(23(2)33(22)52-6)20-58(50)37-41-28-17-26(51-5)11-12-30(28)44(37)38(49)54-14-16-56-55-15-13-53-31(46)18-27(24-7-9-25(45)10-8-24)34(47)42-32-35(48)43-21-39(3,4)57-36(32)43;2-1-3/h7-12,17,19,27,32,36,45H,13-16,18,20-21H2,1-6H3,(H,42,47);/t27?,32-,36-,58?;/m1./s1. The van der Waals surface area contributed by atoms with Crippen molar-refractivity contribution >= 4 is 85.2 Å². The minimum absolute atomic E-state index is 0.00343. The highest BCUT2D eigenvalue weighted by Crippen LogP contribution is 2.46. The first-order valence-corrected chi connectivity index (χ1v) is 23.4. The molecule has 61 heavy (non-hydrogen) atoms. The first kappa shape index (κ1) is 47.0. The van der Waals surface area contributed by atoms with Gasteiger partial charge in [-0.15, -0.1) is 11.8 Å². The number of nitrogens with one attached hydrogen (secondary N) is 1. The second-order valence-corrected chi connectivity index (χ2v) is 20.1. The number of aromatic nitrogens is 3. The fourth-order valence-electron chi connectivity index (χ4n) is 6.71. The van der Waals surface area contributed by atoms with Crippen LogP contribution in [0.3, 0.4) is 0 Å². The van der Waals surface area contributed by atoms with Gasteiger partial charge in [-0.25, -0.2) is 14.3 Å². The number of carbonyl (C=O) groups excluding carboxylic acids is 6. The van der Waals surface area contributed by atoms with Gasteiger partial charge in [-0.2, -0.15) is 9.59 Å². The second-order valence-electron chi connectivity index (χ2n) is 14.3. The van der Waals surface area contributed by atoms with E-state index in [0.29, 0.717) is 51.8 Å². The van der Waals surface area contributed by atoms with Gasteiger partial charge < -0.3 is 34.3 Å². The van der Waals surface area contributed by atoms with E-state index in [1.165, 1.54) is 45.4 Å². The molecule has 2 aliphatic rings. The summed E-state index contributed by atoms with van der Waals surface area (Å²) in [5.41, 5.74) is 3.49. The SMILES string of the molecule is COc1ccc2c(c1)nc(S(=O)Cc1ncc(C)c(OC)c1C)n2C(=O)OCCSSCCOC(=O)CC(C(=O)N[C@@H]1C(=O)N2CC(C)(C)S[C@H]12)c1ccc(O)cc1.O=C=O. The maximum absolute atomic E-state index is 13.7. The summed E-state index contributed by atoms with van der Waals surface area (Å²) in [6.45, 7) is 8.54. The number of carbonyl (C=O) groups is 4. The summed E-state index contributed by atoms with van der Waals surface area (Å²) >= 11 is 1.63. The van der Waals surface area contributed by atoms with E-state index in [9.17, 15) is 28.5 Å². The minimum atomic E-state index is -1.78. The van der Waals surface area contributed by atoms with Crippen molar-refractivity contribution < 1.29 is 57.0 Å². The number of benzene rings is 2. The maximum Gasteiger partial charge on any atom is 0.420 e. The Labute approximate surface area is 366 Å². The molecule has 2 amide bonds. The first-order valence-electron chi connectivity index (χ1n) is 18.7. The molecule has 6 rings (SSSR count). The smallest absolute Gasteiger partial charge is 0.420 e. The van der Waals surface area contributed by atoms with Gasteiger partial charge in [-0.1, -0.05) is 33.7 Å². The molecule has 2 unspecified atom stereocenters. The Morgan fingerprint density at radius 3 is 2.38 bits per heavy atom. The van der Waals surface area contributed by atoms with Gasteiger partial charge in [0.05, 0.1) is 59.8 Å². The van der Waals surface area contributed by atoms with Crippen molar-refractivity contribution in [2.45, 2.75) is 67.1 Å². The lowest BCUT2D eigenvalue weighted by molar-refractivity contribution is -0.191. The number of methoxy groups -OCH3 is 2. The van der Waals surface area contributed by atoms with Crippen LogP contribution in [0.1, 0.15) is 48.6 Å². The summed E-state index contributed by atoms with van der Waals surface area (Å²) in [6.07, 6.45) is 0.911. The number of aromatic hydroxyl groups is 1. The minimum Gasteiger partial charge on any atom is -0.508 e. The molecule has 2 N–H and O–H groups in total. The van der Waals surface area contributed by atoms with Crippen LogP contribution >= 0.6 is 33.3 Å². The summed E-state index contributed by atoms with van der Waals surface area (Å²) in [6, 6.07) is 10.3. The number of fused-ring (bicyclic) bond motifs is 2. The van der Waals surface area contributed by atoms with E-state index in [1.54, 1.807) is 60.3 Å². The highest BCUT2D eigenvalue weighted by atomic mass is 33.1. The third-order valence-electron chi connectivity index (χ3n) is 9.55. The first-order chi connectivity index (χ1) is 29.1. The Morgan fingerprint density at radius 1 is 1.05 bits per heavy atom. The number of ether oxygens (including phenoxy) is 4. The Kier molecular flexibility index (Phi) is 16.3. The van der Waals surface area contributed by atoms with Crippen molar-refractivity contribution in [1.29, 1.82) is 0 Å². The van der Waals surface area contributed by atoms with E-state index in [0.717, 1.165) is 11.1 Å². The summed E-state index contributed by atoms with van der Waals surface area (Å²) in [7, 11) is 4.13. The fourth-order valence-corrected chi connectivity index (χ4v) is 11.1. The average Bonchev–Trinajstić information content (AvgIpc) is 3.76. The summed E-state index contributed by atoms with van der Waals surface area (Å²) in [5.74, 6) is -0.0961. The number of β-lactam (4-membered cyclic amide) rings is 1. The molecule has 0 aliphatic carbocycles. The molecule has 2 aliphatic heterocycles. The zero-order chi connectivity index (χ0) is 44.4. The molecule has 2 saturated heterocycles. The van der Waals surface area contributed by atoms with Crippen molar-refractivity contribution in [1.82, 2.24) is 24.8 Å². The molecule has 326 valence electrons. The topological polar surface area (TPSA) is 223 Å². The number of phenols is 1. The van der Waals surface area contributed by atoms with Gasteiger partial charge >= 0.3 is 18.2 Å². The van der Waals surface area contributed by atoms with Crippen LogP contribution in [0.15, 0.2) is 53.8 Å². The third kappa shape index (κ3) is 11.4. The van der Waals surface area contributed by atoms with E-state index in [-0.39, 0.29) is 58.5 Å². The van der Waals surface area contributed by atoms with E-state index >= 15 is 0 Å². The molecule has 4 aromatic rings. The molecule has 0 saturated carbocycles. The number of hydrogen-bond donors (Lipinski definition) is 2. The number of esters is 1. The monoisotopic (exact) mass is 915 g/mol. The van der Waals surface area contributed by atoms with E-state index < -0.39 is 40.7 Å². The van der Waals surface area contributed by atoms with Crippen LogP contribution in [0.5, 0.6) is 17.2 Å². The van der Waals surface area contributed by atoms with Crippen LogP contribution in [0.4, 0.5) is 4.79 Å². The van der Waals surface area contributed by atoms with Gasteiger partial charge in [0.2, 0.25) is 17.0 Å². The number of pyridine rings is 1. The van der Waals surface area contributed by atoms with Crippen molar-refractivity contribution in [3.63, 3.8) is 0 Å². The van der Waals surface area contributed by atoms with Crippen LogP contribution in [-0.4, -0.2) is 120 Å². The third-order valence-corrected chi connectivity index (χ3v) is 14.6. The lowest BCUT2D eigenvalue weighted by atomic mass is 9.93. The normalized spacial score (nSPS) is 17.1. The van der Waals surface area contributed by atoms with Crippen molar-refractivity contribution in [2.24, 2.45) is 0 Å². The van der Waals surface area contributed by atoms with E-state index in [4.69, 9.17) is 28.5 Å². The zero-order valence-electron chi connectivity index (χ0n) is 34.2. The molecular weight excluding hydrogens is 871 g/mol. The van der Waals surface area contributed by atoms with Crippen LogP contribution in [-0.2, 0) is 50.0 Å². The van der Waals surface area contributed by atoms with Crippen LogP contribution < -0.4 is 14.8 Å². The largest absolute Gasteiger partial charge is 0.508 e.